The summed E-state index contributed by atoms with van der Waals surface area (Å²) in [7, 11) is -3.50. The van der Waals surface area contributed by atoms with Crippen LogP contribution in [0.4, 0.5) is 4.39 Å². The fourth-order valence-corrected chi connectivity index (χ4v) is 6.13. The first kappa shape index (κ1) is 31.6. The molecule has 3 heterocycles. The van der Waals surface area contributed by atoms with Crippen molar-refractivity contribution in [1.82, 2.24) is 20.1 Å². The van der Waals surface area contributed by atoms with Gasteiger partial charge in [0.25, 0.3) is 0 Å². The highest BCUT2D eigenvalue weighted by atomic mass is 32.2. The number of fused-ring (bicyclic) bond motifs is 1. The zero-order valence-electron chi connectivity index (χ0n) is 25.7. The van der Waals surface area contributed by atoms with Crippen molar-refractivity contribution in [3.05, 3.63) is 58.7 Å². The maximum absolute atomic E-state index is 14.9. The predicted octanol–water partition coefficient (Wildman–Crippen LogP) is 4.96. The topological polar surface area (TPSA) is 112 Å². The number of esters is 1. The van der Waals surface area contributed by atoms with E-state index in [2.05, 4.69) is 15.4 Å². The van der Waals surface area contributed by atoms with Gasteiger partial charge in [-0.3, -0.25) is 9.48 Å². The number of pyridine rings is 1. The van der Waals surface area contributed by atoms with E-state index in [0.29, 0.717) is 42.1 Å². The van der Waals surface area contributed by atoms with Gasteiger partial charge in [-0.2, -0.15) is 5.10 Å². The number of ether oxygens (including phenoxy) is 2. The maximum atomic E-state index is 14.9. The Morgan fingerprint density at radius 1 is 1.17 bits per heavy atom. The number of aromatic nitrogens is 3. The lowest BCUT2D eigenvalue weighted by Gasteiger charge is -2.28. The van der Waals surface area contributed by atoms with Gasteiger partial charge in [-0.25, -0.2) is 17.8 Å². The third kappa shape index (κ3) is 7.18. The quantitative estimate of drug-likeness (QED) is 0.343. The normalized spacial score (nSPS) is 14.1. The molecule has 0 radical (unpaired) electrons. The first-order valence-corrected chi connectivity index (χ1v) is 16.0. The van der Waals surface area contributed by atoms with Crippen molar-refractivity contribution in [2.75, 3.05) is 19.4 Å². The number of halogens is 1. The molecule has 1 aliphatic heterocycles. The van der Waals surface area contributed by atoms with E-state index in [0.717, 1.165) is 16.8 Å². The lowest BCUT2D eigenvalue weighted by molar-refractivity contribution is -0.153. The van der Waals surface area contributed by atoms with Crippen LogP contribution in [0.2, 0.25) is 0 Å². The maximum Gasteiger partial charge on any atom is 0.310 e. The summed E-state index contributed by atoms with van der Waals surface area (Å²) >= 11 is 0. The smallest absolute Gasteiger partial charge is 0.310 e. The molecule has 0 fully saturated rings. The molecule has 0 spiro atoms. The van der Waals surface area contributed by atoms with Gasteiger partial charge in [-0.1, -0.05) is 13.8 Å². The summed E-state index contributed by atoms with van der Waals surface area (Å²) in [4.78, 5) is 17.2. The van der Waals surface area contributed by atoms with Gasteiger partial charge in [0.15, 0.2) is 14.9 Å². The summed E-state index contributed by atoms with van der Waals surface area (Å²) in [5.41, 5.74) is 2.86. The number of rotatable bonds is 9. The van der Waals surface area contributed by atoms with Crippen LogP contribution in [-0.2, 0) is 44.3 Å². The summed E-state index contributed by atoms with van der Waals surface area (Å²) in [6.45, 7) is 14.5. The molecule has 2 aromatic heterocycles. The van der Waals surface area contributed by atoms with Crippen LogP contribution >= 0.6 is 0 Å². The van der Waals surface area contributed by atoms with E-state index < -0.39 is 32.8 Å². The van der Waals surface area contributed by atoms with Gasteiger partial charge >= 0.3 is 5.97 Å². The van der Waals surface area contributed by atoms with E-state index in [1.54, 1.807) is 23.0 Å². The fourth-order valence-electron chi connectivity index (χ4n) is 5.23. The van der Waals surface area contributed by atoms with Crippen molar-refractivity contribution >= 4 is 15.8 Å². The number of carbonyl (C=O) groups is 1. The number of nitrogens with one attached hydrogen (secondary N) is 1. The molecule has 42 heavy (non-hydrogen) atoms. The van der Waals surface area contributed by atoms with E-state index in [1.807, 2.05) is 48.5 Å². The second-order valence-electron chi connectivity index (χ2n) is 12.8. The number of nitrogens with zero attached hydrogens (tertiary/aromatic N) is 3. The molecule has 0 unspecified atom stereocenters. The number of benzene rings is 1. The van der Waals surface area contributed by atoms with Gasteiger partial charge in [0.05, 0.1) is 17.7 Å². The minimum atomic E-state index is -3.50. The van der Waals surface area contributed by atoms with Crippen molar-refractivity contribution < 1.29 is 27.1 Å². The number of sulfone groups is 1. The summed E-state index contributed by atoms with van der Waals surface area (Å²) in [5.74, 6) is -0.515. The SMILES string of the molecule is CC(C)c1cc(F)cc(-c2ccnc(OCC(C)(C)n3nc(S(C)(=O)=O)c4c3CNCC4)c2)c1CC(=O)OC(C)(C)C. The molecule has 1 aromatic carbocycles. The van der Waals surface area contributed by atoms with Crippen LogP contribution in [0.25, 0.3) is 11.1 Å². The van der Waals surface area contributed by atoms with Crippen molar-refractivity contribution in [1.29, 1.82) is 0 Å². The van der Waals surface area contributed by atoms with Gasteiger partial charge < -0.3 is 14.8 Å². The van der Waals surface area contributed by atoms with E-state index in [4.69, 9.17) is 9.47 Å². The molecule has 11 heteroatoms. The molecule has 0 bridgehead atoms. The Balaban J connectivity index is 1.66. The molecule has 0 aliphatic carbocycles. The Labute approximate surface area is 247 Å². The van der Waals surface area contributed by atoms with Gasteiger partial charge in [-0.05, 0) is 94.0 Å². The van der Waals surface area contributed by atoms with Crippen molar-refractivity contribution in [2.24, 2.45) is 0 Å². The monoisotopic (exact) mass is 600 g/mol. The van der Waals surface area contributed by atoms with Crippen molar-refractivity contribution in [3.8, 4) is 17.0 Å². The number of hydrogen-bond donors (Lipinski definition) is 1. The Bertz CT molecular complexity index is 1590. The molecule has 0 saturated carbocycles. The van der Waals surface area contributed by atoms with Crippen LogP contribution < -0.4 is 10.1 Å². The average molecular weight is 601 g/mol. The largest absolute Gasteiger partial charge is 0.475 e. The fraction of sp³-hybridized carbons (Fsp3) is 0.516. The molecule has 9 nitrogen and oxygen atoms in total. The average Bonchev–Trinajstić information content (AvgIpc) is 3.29. The highest BCUT2D eigenvalue weighted by Crippen LogP contribution is 2.34. The van der Waals surface area contributed by atoms with Crippen LogP contribution in [-0.4, -0.2) is 54.2 Å². The third-order valence-corrected chi connectivity index (χ3v) is 8.08. The van der Waals surface area contributed by atoms with Gasteiger partial charge in [0, 0.05) is 30.6 Å². The summed E-state index contributed by atoms with van der Waals surface area (Å²) in [6, 6.07) is 6.36. The molecule has 0 amide bonds. The summed E-state index contributed by atoms with van der Waals surface area (Å²) < 4.78 is 53.2. The molecular weight excluding hydrogens is 559 g/mol. The van der Waals surface area contributed by atoms with Gasteiger partial charge in [0.1, 0.15) is 18.0 Å². The van der Waals surface area contributed by atoms with E-state index in [-0.39, 0.29) is 24.0 Å². The Hall–Kier alpha value is -3.31. The van der Waals surface area contributed by atoms with Crippen LogP contribution in [0.3, 0.4) is 0 Å². The zero-order valence-corrected chi connectivity index (χ0v) is 26.5. The van der Waals surface area contributed by atoms with E-state index in [9.17, 15) is 17.6 Å². The molecule has 3 aromatic rings. The van der Waals surface area contributed by atoms with Crippen molar-refractivity contribution in [3.63, 3.8) is 0 Å². The van der Waals surface area contributed by atoms with E-state index in [1.165, 1.54) is 18.4 Å². The molecule has 1 aliphatic rings. The molecular formula is C31H41FN4O5S. The zero-order chi connectivity index (χ0) is 31.0. The summed E-state index contributed by atoms with van der Waals surface area (Å²) in [5, 5.41) is 7.92. The second-order valence-corrected chi connectivity index (χ2v) is 14.7. The highest BCUT2D eigenvalue weighted by molar-refractivity contribution is 7.90. The van der Waals surface area contributed by atoms with Crippen LogP contribution in [0, 0.1) is 5.82 Å². The molecule has 0 atom stereocenters. The molecule has 4 rings (SSSR count). The minimum absolute atomic E-state index is 0.00689. The Kier molecular flexibility index (Phi) is 8.85. The lowest BCUT2D eigenvalue weighted by Crippen LogP contribution is -2.38. The Morgan fingerprint density at radius 3 is 2.52 bits per heavy atom. The molecule has 1 N–H and O–H groups in total. The summed E-state index contributed by atoms with van der Waals surface area (Å²) in [6.07, 6.45) is 3.33. The minimum Gasteiger partial charge on any atom is -0.475 e. The predicted molar refractivity (Wildman–Crippen MR) is 159 cm³/mol. The van der Waals surface area contributed by atoms with Gasteiger partial charge in [0.2, 0.25) is 5.88 Å². The van der Waals surface area contributed by atoms with E-state index >= 15 is 0 Å². The first-order valence-electron chi connectivity index (χ1n) is 14.1. The lowest BCUT2D eigenvalue weighted by atomic mass is 9.88. The molecule has 0 saturated heterocycles. The Morgan fingerprint density at radius 2 is 1.88 bits per heavy atom. The first-order chi connectivity index (χ1) is 19.5. The van der Waals surface area contributed by atoms with Crippen LogP contribution in [0.1, 0.15) is 76.8 Å². The van der Waals surface area contributed by atoms with Gasteiger partial charge in [-0.15, -0.1) is 0 Å². The standard InChI is InChI=1S/C31H41FN4O5S/c1-19(2)23-14-21(32)15-24(25(23)16-28(37)41-30(3,4)5)20-9-12-34-27(13-20)40-18-31(6,7)36-26-17-33-11-10-22(26)29(35-36)42(8,38)39/h9,12-15,19,33H,10-11,16-18H2,1-8H3. The number of hydrogen-bond acceptors (Lipinski definition) is 8. The number of carbonyl (C=O) groups excluding carboxylic acids is 1. The third-order valence-electron chi connectivity index (χ3n) is 7.05. The van der Waals surface area contributed by atoms with Crippen molar-refractivity contribution in [2.45, 2.75) is 89.9 Å². The molecule has 228 valence electrons. The second kappa shape index (κ2) is 11.8. The van der Waals surface area contributed by atoms with Crippen LogP contribution in [0.15, 0.2) is 35.5 Å². The highest BCUT2D eigenvalue weighted by Gasteiger charge is 2.33. The van der Waals surface area contributed by atoms with Crippen LogP contribution in [0.5, 0.6) is 5.88 Å².